The minimum absolute atomic E-state index is 0.153. The zero-order chi connectivity index (χ0) is 15.0. The van der Waals surface area contributed by atoms with Crippen molar-refractivity contribution in [2.24, 2.45) is 0 Å². The molecule has 20 heavy (non-hydrogen) atoms. The molecule has 112 valence electrons. The lowest BCUT2D eigenvalue weighted by atomic mass is 10.1. The van der Waals surface area contributed by atoms with E-state index < -0.39 is 0 Å². The lowest BCUT2D eigenvalue weighted by Crippen LogP contribution is -2.21. The summed E-state index contributed by atoms with van der Waals surface area (Å²) in [4.78, 5) is 12.8. The molecule has 0 saturated heterocycles. The van der Waals surface area contributed by atoms with E-state index in [0.717, 1.165) is 36.5 Å². The predicted octanol–water partition coefficient (Wildman–Crippen LogP) is 3.21. The van der Waals surface area contributed by atoms with Gasteiger partial charge in [0.15, 0.2) is 0 Å². The first kappa shape index (κ1) is 16.8. The molecule has 1 rings (SSSR count). The predicted molar refractivity (Wildman–Crippen MR) is 86.6 cm³/mol. The molecule has 0 fully saturated rings. The van der Waals surface area contributed by atoms with E-state index in [9.17, 15) is 10.1 Å². The molecule has 0 amide bonds. The molecule has 1 aromatic carbocycles. The monoisotopic (exact) mass is 297 g/mol. The van der Waals surface area contributed by atoms with Crippen molar-refractivity contribution in [2.75, 3.05) is 37.5 Å². The molecular formula is C14H23N3O2S. The Morgan fingerprint density at radius 2 is 2.20 bits per heavy atom. The summed E-state index contributed by atoms with van der Waals surface area (Å²) in [5.41, 5.74) is 2.13. The first-order valence-electron chi connectivity index (χ1n) is 6.77. The molecule has 0 atom stereocenters. The molecule has 0 spiro atoms. The van der Waals surface area contributed by atoms with Crippen molar-refractivity contribution in [2.45, 2.75) is 19.9 Å². The normalized spacial score (nSPS) is 10.8. The molecule has 5 nitrogen and oxygen atoms in total. The molecule has 0 heterocycles. The Bertz CT molecular complexity index is 440. The Morgan fingerprint density at radius 1 is 1.45 bits per heavy atom. The fraction of sp³-hybridized carbons (Fsp3) is 0.571. The average Bonchev–Trinajstić information content (AvgIpc) is 2.43. The van der Waals surface area contributed by atoms with Gasteiger partial charge in [0, 0.05) is 43.2 Å². The van der Waals surface area contributed by atoms with Gasteiger partial charge in [0.05, 0.1) is 4.92 Å². The van der Waals surface area contributed by atoms with E-state index in [2.05, 4.69) is 23.4 Å². The smallest absolute Gasteiger partial charge is 0.269 e. The van der Waals surface area contributed by atoms with Crippen LogP contribution >= 0.6 is 11.8 Å². The van der Waals surface area contributed by atoms with Gasteiger partial charge in [-0.2, -0.15) is 11.8 Å². The average molecular weight is 297 g/mol. The largest absolute Gasteiger partial charge is 0.385 e. The molecule has 0 radical (unpaired) electrons. The molecule has 0 saturated carbocycles. The number of hydrogen-bond acceptors (Lipinski definition) is 5. The molecule has 1 N–H and O–H groups in total. The maximum Gasteiger partial charge on any atom is 0.269 e. The lowest BCUT2D eigenvalue weighted by molar-refractivity contribution is -0.384. The van der Waals surface area contributed by atoms with Crippen LogP contribution in [0, 0.1) is 10.1 Å². The summed E-state index contributed by atoms with van der Waals surface area (Å²) in [7, 11) is 2.04. The number of hydrogen-bond donors (Lipinski definition) is 1. The van der Waals surface area contributed by atoms with Crippen LogP contribution in [0.25, 0.3) is 0 Å². The molecule has 0 aliphatic rings. The lowest BCUT2D eigenvalue weighted by Gasteiger charge is -2.19. The fourth-order valence-corrected chi connectivity index (χ4v) is 2.37. The van der Waals surface area contributed by atoms with Gasteiger partial charge in [-0.05, 0) is 31.4 Å². The number of anilines is 1. The molecule has 0 aliphatic carbocycles. The third kappa shape index (κ3) is 5.38. The number of thioether (sulfide) groups is 1. The summed E-state index contributed by atoms with van der Waals surface area (Å²) in [5, 5.41) is 14.2. The molecule has 0 aliphatic heterocycles. The fourth-order valence-electron chi connectivity index (χ4n) is 1.87. The summed E-state index contributed by atoms with van der Waals surface area (Å²) < 4.78 is 0. The second-order valence-electron chi connectivity index (χ2n) is 4.76. The highest BCUT2D eigenvalue weighted by Crippen LogP contribution is 2.23. The van der Waals surface area contributed by atoms with E-state index in [-0.39, 0.29) is 10.6 Å². The molecule has 0 bridgehead atoms. The van der Waals surface area contributed by atoms with Gasteiger partial charge in [0.1, 0.15) is 0 Å². The molecular weight excluding hydrogens is 274 g/mol. The molecule has 0 unspecified atom stereocenters. The van der Waals surface area contributed by atoms with E-state index in [1.807, 2.05) is 13.1 Å². The number of benzene rings is 1. The van der Waals surface area contributed by atoms with E-state index in [1.54, 1.807) is 23.9 Å². The zero-order valence-electron chi connectivity index (χ0n) is 12.4. The Kier molecular flexibility index (Phi) is 7.40. The van der Waals surface area contributed by atoms with E-state index in [4.69, 9.17) is 0 Å². The number of nitrogens with zero attached hydrogens (tertiary/aromatic N) is 2. The minimum atomic E-state index is -0.338. The van der Waals surface area contributed by atoms with E-state index >= 15 is 0 Å². The number of nitro groups is 1. The van der Waals surface area contributed by atoms with Crippen molar-refractivity contribution in [3.8, 4) is 0 Å². The van der Waals surface area contributed by atoms with Crippen LogP contribution in [0.3, 0.4) is 0 Å². The summed E-state index contributed by atoms with van der Waals surface area (Å²) in [5.74, 6) is 1.06. The summed E-state index contributed by atoms with van der Waals surface area (Å²) >= 11 is 1.80. The molecule has 1 aromatic rings. The van der Waals surface area contributed by atoms with Gasteiger partial charge < -0.3 is 10.2 Å². The van der Waals surface area contributed by atoms with Crippen molar-refractivity contribution >= 4 is 23.1 Å². The number of nitro benzene ring substituents is 1. The van der Waals surface area contributed by atoms with Crippen LogP contribution in [-0.4, -0.2) is 42.0 Å². The standard InChI is InChI=1S/C14H23N3O2S/c1-4-7-15-14-6-5-13(17(18)19)10-12(14)11-16(2)8-9-20-3/h5-6,10,15H,4,7-9,11H2,1-3H3. The summed E-state index contributed by atoms with van der Waals surface area (Å²) in [6, 6.07) is 5.04. The maximum absolute atomic E-state index is 10.9. The van der Waals surface area contributed by atoms with Crippen molar-refractivity contribution < 1.29 is 4.92 Å². The Labute approximate surface area is 124 Å². The summed E-state index contributed by atoms with van der Waals surface area (Å²) in [6.07, 6.45) is 3.11. The van der Waals surface area contributed by atoms with Gasteiger partial charge in [0.2, 0.25) is 0 Å². The van der Waals surface area contributed by atoms with Gasteiger partial charge in [-0.25, -0.2) is 0 Å². The van der Waals surface area contributed by atoms with Gasteiger partial charge in [-0.1, -0.05) is 6.92 Å². The second kappa shape index (κ2) is 8.81. The van der Waals surface area contributed by atoms with E-state index in [0.29, 0.717) is 6.54 Å². The van der Waals surface area contributed by atoms with Crippen LogP contribution in [0.15, 0.2) is 18.2 Å². The highest BCUT2D eigenvalue weighted by Gasteiger charge is 2.12. The third-order valence-corrected chi connectivity index (χ3v) is 3.57. The van der Waals surface area contributed by atoms with Gasteiger partial charge in [-0.3, -0.25) is 10.1 Å². The highest BCUT2D eigenvalue weighted by atomic mass is 32.2. The quantitative estimate of drug-likeness (QED) is 0.560. The Morgan fingerprint density at radius 3 is 2.80 bits per heavy atom. The van der Waals surface area contributed by atoms with Crippen LogP contribution in [0.2, 0.25) is 0 Å². The van der Waals surface area contributed by atoms with Gasteiger partial charge in [-0.15, -0.1) is 0 Å². The van der Waals surface area contributed by atoms with Crippen LogP contribution in [0.4, 0.5) is 11.4 Å². The molecule has 6 heteroatoms. The number of nitrogens with one attached hydrogen (secondary N) is 1. The van der Waals surface area contributed by atoms with Crippen molar-refractivity contribution in [1.82, 2.24) is 4.90 Å². The Hall–Kier alpha value is -1.27. The Balaban J connectivity index is 2.86. The first-order chi connectivity index (χ1) is 9.58. The van der Waals surface area contributed by atoms with Crippen molar-refractivity contribution in [3.05, 3.63) is 33.9 Å². The van der Waals surface area contributed by atoms with Crippen LogP contribution in [0.5, 0.6) is 0 Å². The van der Waals surface area contributed by atoms with Crippen LogP contribution < -0.4 is 5.32 Å². The van der Waals surface area contributed by atoms with Crippen molar-refractivity contribution in [1.29, 1.82) is 0 Å². The van der Waals surface area contributed by atoms with Gasteiger partial charge >= 0.3 is 0 Å². The SMILES string of the molecule is CCCNc1ccc([N+](=O)[O-])cc1CN(C)CCSC. The van der Waals surface area contributed by atoms with Crippen LogP contribution in [-0.2, 0) is 6.54 Å². The zero-order valence-corrected chi connectivity index (χ0v) is 13.2. The summed E-state index contributed by atoms with van der Waals surface area (Å²) in [6.45, 7) is 4.66. The molecule has 0 aromatic heterocycles. The maximum atomic E-state index is 10.9. The van der Waals surface area contributed by atoms with E-state index in [1.165, 1.54) is 0 Å². The number of rotatable bonds is 9. The number of non-ortho nitro benzene ring substituents is 1. The first-order valence-corrected chi connectivity index (χ1v) is 8.16. The van der Waals surface area contributed by atoms with Crippen LogP contribution in [0.1, 0.15) is 18.9 Å². The topological polar surface area (TPSA) is 58.4 Å². The minimum Gasteiger partial charge on any atom is -0.385 e. The van der Waals surface area contributed by atoms with Crippen molar-refractivity contribution in [3.63, 3.8) is 0 Å². The highest BCUT2D eigenvalue weighted by molar-refractivity contribution is 7.98. The third-order valence-electron chi connectivity index (χ3n) is 2.98. The van der Waals surface area contributed by atoms with Gasteiger partial charge in [0.25, 0.3) is 5.69 Å². The second-order valence-corrected chi connectivity index (χ2v) is 5.74.